The summed E-state index contributed by atoms with van der Waals surface area (Å²) in [6.07, 6.45) is 0. The van der Waals surface area contributed by atoms with Gasteiger partial charge in [0.25, 0.3) is 0 Å². The van der Waals surface area contributed by atoms with Gasteiger partial charge in [0.2, 0.25) is 0 Å². The van der Waals surface area contributed by atoms with E-state index in [9.17, 15) is 9.59 Å². The molecule has 1 aromatic carbocycles. The average Bonchev–Trinajstić information content (AvgIpc) is 2.15. The molecule has 0 saturated heterocycles. The SMILES string of the molecule is CC(=O)OC(=O)COc1ccc(Cl)cc1Cl.[H-].[Na+]. The van der Waals surface area contributed by atoms with Gasteiger partial charge in [-0.1, -0.05) is 23.2 Å². The summed E-state index contributed by atoms with van der Waals surface area (Å²) >= 11 is 11.5. The fourth-order valence-electron chi connectivity index (χ4n) is 0.919. The van der Waals surface area contributed by atoms with Gasteiger partial charge in [0, 0.05) is 11.9 Å². The van der Waals surface area contributed by atoms with E-state index in [0.29, 0.717) is 10.8 Å². The second-order valence-electron chi connectivity index (χ2n) is 2.83. The first kappa shape index (κ1) is 16.7. The summed E-state index contributed by atoms with van der Waals surface area (Å²) in [5.41, 5.74) is 0. The van der Waals surface area contributed by atoms with Crippen molar-refractivity contribution in [1.82, 2.24) is 0 Å². The van der Waals surface area contributed by atoms with Gasteiger partial charge >= 0.3 is 41.5 Å². The zero-order chi connectivity index (χ0) is 12.1. The predicted octanol–water partition coefficient (Wildman–Crippen LogP) is -0.422. The minimum absolute atomic E-state index is 0. The standard InChI is InChI=1S/C10H8Cl2O4.Na.H/c1-6(13)16-10(14)5-15-9-3-2-7(11)4-8(9)12;;/h2-4H,5H2,1H3;;/q;+1;-1. The van der Waals surface area contributed by atoms with Crippen LogP contribution in [0.25, 0.3) is 0 Å². The molecule has 0 heterocycles. The molecule has 0 aliphatic rings. The second-order valence-corrected chi connectivity index (χ2v) is 3.67. The van der Waals surface area contributed by atoms with Gasteiger partial charge in [-0.2, -0.15) is 0 Å². The van der Waals surface area contributed by atoms with Gasteiger partial charge in [-0.05, 0) is 18.2 Å². The third-order valence-electron chi connectivity index (χ3n) is 1.50. The van der Waals surface area contributed by atoms with E-state index in [1.54, 1.807) is 6.07 Å². The predicted molar refractivity (Wildman–Crippen MR) is 59.8 cm³/mol. The molecule has 0 bridgehead atoms. The quantitative estimate of drug-likeness (QED) is 0.430. The van der Waals surface area contributed by atoms with Crippen LogP contribution in [-0.2, 0) is 14.3 Å². The molecule has 0 aromatic heterocycles. The summed E-state index contributed by atoms with van der Waals surface area (Å²) in [6.45, 7) is 0.744. The van der Waals surface area contributed by atoms with E-state index in [4.69, 9.17) is 27.9 Å². The molecule has 0 saturated carbocycles. The zero-order valence-electron chi connectivity index (χ0n) is 10.3. The fraction of sp³-hybridized carbons (Fsp3) is 0.200. The Bertz CT molecular complexity index is 428. The molecule has 0 unspecified atom stereocenters. The Morgan fingerprint density at radius 2 is 2.00 bits per heavy atom. The molecular weight excluding hydrogens is 278 g/mol. The van der Waals surface area contributed by atoms with Crippen LogP contribution in [0.15, 0.2) is 18.2 Å². The van der Waals surface area contributed by atoms with Gasteiger partial charge in [-0.3, -0.25) is 4.79 Å². The zero-order valence-corrected chi connectivity index (χ0v) is 12.8. The molecule has 17 heavy (non-hydrogen) atoms. The smallest absolute Gasteiger partial charge is 1.00 e. The molecule has 7 heteroatoms. The van der Waals surface area contributed by atoms with Crippen molar-refractivity contribution in [1.29, 1.82) is 0 Å². The summed E-state index contributed by atoms with van der Waals surface area (Å²) in [7, 11) is 0. The molecule has 0 N–H and O–H groups in total. The van der Waals surface area contributed by atoms with Crippen LogP contribution in [0.2, 0.25) is 10.0 Å². The van der Waals surface area contributed by atoms with Crippen molar-refractivity contribution >= 4 is 35.1 Å². The van der Waals surface area contributed by atoms with Gasteiger partial charge in [-0.15, -0.1) is 0 Å². The molecule has 88 valence electrons. The van der Waals surface area contributed by atoms with Crippen LogP contribution < -0.4 is 34.3 Å². The largest absolute Gasteiger partial charge is 1.00 e. The number of carbonyl (C=O) groups excluding carboxylic acids is 2. The van der Waals surface area contributed by atoms with Crippen LogP contribution >= 0.6 is 23.2 Å². The molecule has 0 radical (unpaired) electrons. The first-order valence-corrected chi connectivity index (χ1v) is 5.03. The molecule has 4 nitrogen and oxygen atoms in total. The van der Waals surface area contributed by atoms with E-state index < -0.39 is 11.9 Å². The van der Waals surface area contributed by atoms with Crippen LogP contribution in [0.4, 0.5) is 0 Å². The maximum Gasteiger partial charge on any atom is 1.00 e. The molecule has 0 fully saturated rings. The number of benzene rings is 1. The van der Waals surface area contributed by atoms with Crippen molar-refractivity contribution < 1.29 is 50.0 Å². The second kappa shape index (κ2) is 7.95. The Labute approximate surface area is 132 Å². The Morgan fingerprint density at radius 3 is 2.53 bits per heavy atom. The Balaban J connectivity index is 0. The first-order chi connectivity index (χ1) is 7.49. The molecular formula is C10H9Cl2NaO4. The van der Waals surface area contributed by atoms with E-state index in [1.807, 2.05) is 0 Å². The molecule has 0 atom stereocenters. The van der Waals surface area contributed by atoms with Crippen molar-refractivity contribution in [2.75, 3.05) is 6.61 Å². The number of halogens is 2. The van der Waals surface area contributed by atoms with Crippen LogP contribution in [0, 0.1) is 0 Å². The molecule has 0 aliphatic heterocycles. The molecule has 1 aromatic rings. The van der Waals surface area contributed by atoms with Gasteiger partial charge in [0.1, 0.15) is 5.75 Å². The van der Waals surface area contributed by atoms with Crippen molar-refractivity contribution in [3.8, 4) is 5.75 Å². The summed E-state index contributed by atoms with van der Waals surface area (Å²) in [4.78, 5) is 21.4. The fourth-order valence-corrected chi connectivity index (χ4v) is 1.38. The van der Waals surface area contributed by atoms with Crippen molar-refractivity contribution in [2.24, 2.45) is 0 Å². The molecule has 0 aliphatic carbocycles. The van der Waals surface area contributed by atoms with E-state index in [-0.39, 0.29) is 42.6 Å². The molecule has 0 amide bonds. The number of hydrogen-bond acceptors (Lipinski definition) is 4. The number of ether oxygens (including phenoxy) is 2. The number of rotatable bonds is 3. The van der Waals surface area contributed by atoms with Gasteiger partial charge in [0.15, 0.2) is 6.61 Å². The van der Waals surface area contributed by atoms with E-state index in [2.05, 4.69) is 4.74 Å². The third-order valence-corrected chi connectivity index (χ3v) is 2.03. The topological polar surface area (TPSA) is 52.6 Å². The monoisotopic (exact) mass is 286 g/mol. The van der Waals surface area contributed by atoms with Crippen LogP contribution in [0.5, 0.6) is 5.75 Å². The minimum Gasteiger partial charge on any atom is -1.00 e. The van der Waals surface area contributed by atoms with Crippen molar-refractivity contribution in [3.05, 3.63) is 28.2 Å². The van der Waals surface area contributed by atoms with Gasteiger partial charge < -0.3 is 10.9 Å². The summed E-state index contributed by atoms with van der Waals surface area (Å²) < 4.78 is 9.30. The summed E-state index contributed by atoms with van der Waals surface area (Å²) in [5.74, 6) is -1.17. The minimum atomic E-state index is -0.779. The maximum absolute atomic E-state index is 11.0. The summed E-state index contributed by atoms with van der Waals surface area (Å²) in [6, 6.07) is 4.57. The van der Waals surface area contributed by atoms with E-state index >= 15 is 0 Å². The van der Waals surface area contributed by atoms with Crippen molar-refractivity contribution in [3.63, 3.8) is 0 Å². The average molecular weight is 287 g/mol. The van der Waals surface area contributed by atoms with Crippen LogP contribution in [0.1, 0.15) is 8.35 Å². The van der Waals surface area contributed by atoms with Crippen LogP contribution in [-0.4, -0.2) is 18.5 Å². The third kappa shape index (κ3) is 6.29. The van der Waals surface area contributed by atoms with E-state index in [0.717, 1.165) is 6.92 Å². The van der Waals surface area contributed by atoms with Crippen LogP contribution in [0.3, 0.4) is 0 Å². The Morgan fingerprint density at radius 1 is 1.35 bits per heavy atom. The van der Waals surface area contributed by atoms with Gasteiger partial charge in [0.05, 0.1) is 5.02 Å². The van der Waals surface area contributed by atoms with Gasteiger partial charge in [-0.25, -0.2) is 4.79 Å². The Hall–Kier alpha value is -0.260. The molecule has 1 rings (SSSR count). The number of carbonyl (C=O) groups is 2. The normalized spacial score (nSPS) is 9.12. The Kier molecular flexibility index (Phi) is 7.83. The van der Waals surface area contributed by atoms with Crippen molar-refractivity contribution in [2.45, 2.75) is 6.92 Å². The van der Waals surface area contributed by atoms with E-state index in [1.165, 1.54) is 12.1 Å². The molecule has 0 spiro atoms. The number of esters is 2. The number of hydrogen-bond donors (Lipinski definition) is 0. The first-order valence-electron chi connectivity index (χ1n) is 4.28. The maximum atomic E-state index is 11.0. The summed E-state index contributed by atoms with van der Waals surface area (Å²) in [5, 5.41) is 0.742.